The number of carbonyl (C=O) groups excluding carboxylic acids is 1. The molecule has 13 heavy (non-hydrogen) atoms. The normalized spacial score (nSPS) is 9.38. The van der Waals surface area contributed by atoms with Crippen molar-refractivity contribution >= 4 is 17.5 Å². The second kappa shape index (κ2) is 3.80. The predicted octanol–water partition coefficient (Wildman–Crippen LogP) is 1.47. The van der Waals surface area contributed by atoms with Crippen LogP contribution in [0, 0.1) is 0 Å². The number of methoxy groups -OCH3 is 1. The molecule has 0 aliphatic rings. The Balaban J connectivity index is 2.95. The molecule has 0 spiro atoms. The van der Waals surface area contributed by atoms with Crippen molar-refractivity contribution in [3.63, 3.8) is 0 Å². The zero-order valence-corrected chi connectivity index (χ0v) is 7.65. The molecule has 0 aliphatic heterocycles. The van der Waals surface area contributed by atoms with Crippen LogP contribution in [0.1, 0.15) is 0 Å². The Morgan fingerprint density at radius 1 is 1.46 bits per heavy atom. The lowest BCUT2D eigenvalue weighted by atomic mass is 10.2. The third-order valence-corrected chi connectivity index (χ3v) is 1.75. The number of anilines is 2. The maximum absolute atomic E-state index is 11.1. The summed E-state index contributed by atoms with van der Waals surface area (Å²) >= 11 is 0. The SMILES string of the molecule is COC(=O)N(C)c1ccccc1N. The second-order valence-electron chi connectivity index (χ2n) is 2.59. The van der Waals surface area contributed by atoms with Crippen molar-refractivity contribution in [1.29, 1.82) is 0 Å². The Bertz CT molecular complexity index is 312. The van der Waals surface area contributed by atoms with Crippen LogP contribution in [0.5, 0.6) is 0 Å². The number of hydrogen-bond acceptors (Lipinski definition) is 3. The molecular weight excluding hydrogens is 168 g/mol. The van der Waals surface area contributed by atoms with Crippen molar-refractivity contribution in [2.24, 2.45) is 0 Å². The molecule has 0 bridgehead atoms. The van der Waals surface area contributed by atoms with E-state index in [1.807, 2.05) is 12.1 Å². The van der Waals surface area contributed by atoms with Crippen LogP contribution in [0.4, 0.5) is 16.2 Å². The fourth-order valence-electron chi connectivity index (χ4n) is 1.03. The Kier molecular flexibility index (Phi) is 2.74. The molecule has 0 saturated carbocycles. The predicted molar refractivity (Wildman–Crippen MR) is 51.7 cm³/mol. The standard InChI is InChI=1S/C9H12N2O2/c1-11(9(12)13-2)8-6-4-3-5-7(8)10/h3-6H,10H2,1-2H3. The first-order valence-electron chi connectivity index (χ1n) is 3.83. The van der Waals surface area contributed by atoms with E-state index in [4.69, 9.17) is 5.73 Å². The molecule has 1 rings (SSSR count). The molecule has 1 aromatic carbocycles. The van der Waals surface area contributed by atoms with Gasteiger partial charge in [0.2, 0.25) is 0 Å². The highest BCUT2D eigenvalue weighted by molar-refractivity contribution is 5.90. The van der Waals surface area contributed by atoms with Crippen LogP contribution in [0.2, 0.25) is 0 Å². The molecule has 1 aromatic rings. The molecule has 2 N–H and O–H groups in total. The minimum Gasteiger partial charge on any atom is -0.452 e. The van der Waals surface area contributed by atoms with Gasteiger partial charge in [-0.05, 0) is 12.1 Å². The minimum absolute atomic E-state index is 0.432. The van der Waals surface area contributed by atoms with Crippen LogP contribution in [0.25, 0.3) is 0 Å². The minimum atomic E-state index is -0.432. The number of ether oxygens (including phenoxy) is 1. The lowest BCUT2D eigenvalue weighted by molar-refractivity contribution is 0.180. The van der Waals surface area contributed by atoms with Crippen molar-refractivity contribution in [1.82, 2.24) is 0 Å². The zero-order chi connectivity index (χ0) is 9.84. The van der Waals surface area contributed by atoms with Crippen molar-refractivity contribution < 1.29 is 9.53 Å². The summed E-state index contributed by atoms with van der Waals surface area (Å²) in [4.78, 5) is 12.5. The molecule has 1 amide bonds. The fraction of sp³-hybridized carbons (Fsp3) is 0.222. The topological polar surface area (TPSA) is 55.6 Å². The summed E-state index contributed by atoms with van der Waals surface area (Å²) in [5.74, 6) is 0. The van der Waals surface area contributed by atoms with Crippen molar-refractivity contribution in [3.05, 3.63) is 24.3 Å². The lowest BCUT2D eigenvalue weighted by Crippen LogP contribution is -2.26. The van der Waals surface area contributed by atoms with E-state index in [0.29, 0.717) is 11.4 Å². The summed E-state index contributed by atoms with van der Waals surface area (Å²) in [6.45, 7) is 0. The first-order chi connectivity index (χ1) is 6.16. The van der Waals surface area contributed by atoms with E-state index in [9.17, 15) is 4.79 Å². The Morgan fingerprint density at radius 3 is 2.62 bits per heavy atom. The zero-order valence-electron chi connectivity index (χ0n) is 7.65. The monoisotopic (exact) mass is 180 g/mol. The first-order valence-corrected chi connectivity index (χ1v) is 3.83. The van der Waals surface area contributed by atoms with Crippen molar-refractivity contribution in [2.45, 2.75) is 0 Å². The van der Waals surface area contributed by atoms with Gasteiger partial charge in [0.25, 0.3) is 0 Å². The Morgan fingerprint density at radius 2 is 2.08 bits per heavy atom. The quantitative estimate of drug-likeness (QED) is 0.666. The molecule has 0 aromatic heterocycles. The van der Waals surface area contributed by atoms with E-state index in [0.717, 1.165) is 0 Å². The average molecular weight is 180 g/mol. The van der Waals surface area contributed by atoms with Gasteiger partial charge in [0.05, 0.1) is 18.5 Å². The van der Waals surface area contributed by atoms with Crippen molar-refractivity contribution in [3.8, 4) is 0 Å². The molecule has 4 heteroatoms. The van der Waals surface area contributed by atoms with Crippen LogP contribution < -0.4 is 10.6 Å². The van der Waals surface area contributed by atoms with Crippen LogP contribution >= 0.6 is 0 Å². The summed E-state index contributed by atoms with van der Waals surface area (Å²) in [6.07, 6.45) is -0.432. The van der Waals surface area contributed by atoms with E-state index in [1.165, 1.54) is 12.0 Å². The molecule has 0 unspecified atom stereocenters. The van der Waals surface area contributed by atoms with Gasteiger partial charge in [-0.25, -0.2) is 4.79 Å². The van der Waals surface area contributed by atoms with Gasteiger partial charge in [0.15, 0.2) is 0 Å². The molecular formula is C9H12N2O2. The summed E-state index contributed by atoms with van der Waals surface area (Å²) in [7, 11) is 2.94. The van der Waals surface area contributed by atoms with E-state index in [2.05, 4.69) is 4.74 Å². The van der Waals surface area contributed by atoms with E-state index in [1.54, 1.807) is 19.2 Å². The van der Waals surface area contributed by atoms with Crippen molar-refractivity contribution in [2.75, 3.05) is 24.8 Å². The summed E-state index contributed by atoms with van der Waals surface area (Å²) in [5.41, 5.74) is 6.86. The average Bonchev–Trinajstić information content (AvgIpc) is 2.16. The largest absolute Gasteiger partial charge is 0.452 e. The number of amides is 1. The van der Waals surface area contributed by atoms with Gasteiger partial charge in [0.1, 0.15) is 0 Å². The number of nitrogen functional groups attached to an aromatic ring is 1. The molecule has 0 atom stereocenters. The van der Waals surface area contributed by atoms with Crippen LogP contribution in [0.3, 0.4) is 0 Å². The number of nitrogens with zero attached hydrogens (tertiary/aromatic N) is 1. The summed E-state index contributed by atoms with van der Waals surface area (Å²) < 4.78 is 4.55. The molecule has 0 heterocycles. The summed E-state index contributed by atoms with van der Waals surface area (Å²) in [5, 5.41) is 0. The second-order valence-corrected chi connectivity index (χ2v) is 2.59. The fourth-order valence-corrected chi connectivity index (χ4v) is 1.03. The third kappa shape index (κ3) is 1.90. The highest BCUT2D eigenvalue weighted by Crippen LogP contribution is 2.21. The number of carbonyl (C=O) groups is 1. The van der Waals surface area contributed by atoms with Gasteiger partial charge in [-0.3, -0.25) is 4.90 Å². The van der Waals surface area contributed by atoms with E-state index in [-0.39, 0.29) is 0 Å². The van der Waals surface area contributed by atoms with Gasteiger partial charge in [-0.1, -0.05) is 12.1 Å². The van der Waals surface area contributed by atoms with E-state index >= 15 is 0 Å². The lowest BCUT2D eigenvalue weighted by Gasteiger charge is -2.16. The molecule has 70 valence electrons. The summed E-state index contributed by atoms with van der Waals surface area (Å²) in [6, 6.07) is 7.11. The highest BCUT2D eigenvalue weighted by atomic mass is 16.5. The van der Waals surface area contributed by atoms with Gasteiger partial charge in [-0.2, -0.15) is 0 Å². The first kappa shape index (κ1) is 9.38. The van der Waals surface area contributed by atoms with Crippen LogP contribution in [-0.2, 0) is 4.74 Å². The molecule has 4 nitrogen and oxygen atoms in total. The Hall–Kier alpha value is -1.71. The molecule has 0 aliphatic carbocycles. The smallest absolute Gasteiger partial charge is 0.413 e. The highest BCUT2D eigenvalue weighted by Gasteiger charge is 2.11. The van der Waals surface area contributed by atoms with Crippen LogP contribution in [-0.4, -0.2) is 20.3 Å². The molecule has 0 fully saturated rings. The number of rotatable bonds is 1. The number of hydrogen-bond donors (Lipinski definition) is 1. The van der Waals surface area contributed by atoms with Gasteiger partial charge >= 0.3 is 6.09 Å². The number of benzene rings is 1. The van der Waals surface area contributed by atoms with E-state index < -0.39 is 6.09 Å². The van der Waals surface area contributed by atoms with Gasteiger partial charge < -0.3 is 10.5 Å². The third-order valence-electron chi connectivity index (χ3n) is 1.75. The number of nitrogens with two attached hydrogens (primary N) is 1. The molecule has 0 radical (unpaired) electrons. The molecule has 0 saturated heterocycles. The maximum atomic E-state index is 11.1. The Labute approximate surface area is 76.9 Å². The van der Waals surface area contributed by atoms with Gasteiger partial charge in [-0.15, -0.1) is 0 Å². The van der Waals surface area contributed by atoms with Crippen LogP contribution in [0.15, 0.2) is 24.3 Å². The maximum Gasteiger partial charge on any atom is 0.413 e. The number of para-hydroxylation sites is 2. The van der Waals surface area contributed by atoms with Gasteiger partial charge in [0, 0.05) is 7.05 Å².